The van der Waals surface area contributed by atoms with Crippen LogP contribution in [-0.4, -0.2) is 18.9 Å². The molecule has 0 amide bonds. The molecule has 40 heavy (non-hydrogen) atoms. The molecule has 0 saturated heterocycles. The van der Waals surface area contributed by atoms with Crippen LogP contribution in [-0.2, 0) is 0 Å². The summed E-state index contributed by atoms with van der Waals surface area (Å²) in [5.74, 6) is 0. The number of fused-ring (bicyclic) bond motifs is 11. The summed E-state index contributed by atoms with van der Waals surface area (Å²) < 4.78 is 4.62. The number of hydrogen-bond acceptors (Lipinski definition) is 2. The van der Waals surface area contributed by atoms with Crippen molar-refractivity contribution < 1.29 is 0 Å². The van der Waals surface area contributed by atoms with Crippen LogP contribution in [0.2, 0.25) is 0 Å². The zero-order valence-electron chi connectivity index (χ0n) is 21.5. The molecule has 0 radical (unpaired) electrons. The van der Waals surface area contributed by atoms with E-state index in [9.17, 15) is 0 Å². The van der Waals surface area contributed by atoms with Crippen LogP contribution in [0, 0.1) is 0 Å². The number of benzene rings is 5. The predicted octanol–water partition coefficient (Wildman–Crippen LogP) is 8.95. The molecular weight excluding hydrogens is 488 g/mol. The molecule has 5 aromatic carbocycles. The quantitative estimate of drug-likeness (QED) is 0.218. The van der Waals surface area contributed by atoms with Gasteiger partial charge in [-0.25, -0.2) is 4.98 Å². The van der Waals surface area contributed by atoms with Crippen molar-refractivity contribution in [3.8, 4) is 16.8 Å². The molecule has 0 aliphatic carbocycles. The van der Waals surface area contributed by atoms with Crippen LogP contribution in [0.25, 0.3) is 77.1 Å². The van der Waals surface area contributed by atoms with Gasteiger partial charge in [0.05, 0.1) is 33.1 Å². The van der Waals surface area contributed by atoms with Crippen molar-refractivity contribution in [2.24, 2.45) is 0 Å². The maximum atomic E-state index is 4.97. The minimum Gasteiger partial charge on any atom is -0.309 e. The Kier molecular flexibility index (Phi) is 4.30. The van der Waals surface area contributed by atoms with Crippen molar-refractivity contribution in [3.05, 3.63) is 134 Å². The monoisotopic (exact) mass is 510 g/mol. The Morgan fingerprint density at radius 1 is 0.475 bits per heavy atom. The molecule has 4 nitrogen and oxygen atoms in total. The average molecular weight is 511 g/mol. The van der Waals surface area contributed by atoms with Crippen molar-refractivity contribution in [3.63, 3.8) is 0 Å². The summed E-state index contributed by atoms with van der Waals surface area (Å²) >= 11 is 0. The third kappa shape index (κ3) is 2.90. The molecule has 4 aromatic heterocycles. The molecule has 186 valence electrons. The van der Waals surface area contributed by atoms with Gasteiger partial charge < -0.3 is 4.57 Å². The minimum atomic E-state index is 0.945. The molecule has 4 heteroatoms. The van der Waals surface area contributed by atoms with Gasteiger partial charge in [-0.15, -0.1) is 0 Å². The zero-order valence-corrected chi connectivity index (χ0v) is 21.5. The van der Waals surface area contributed by atoms with Crippen molar-refractivity contribution >= 4 is 60.3 Å². The normalized spacial score (nSPS) is 12.0. The highest BCUT2D eigenvalue weighted by molar-refractivity contribution is 6.13. The highest BCUT2D eigenvalue weighted by Crippen LogP contribution is 2.35. The Balaban J connectivity index is 1.25. The molecule has 0 bridgehead atoms. The standard InChI is InChI=1S/C36H22N4/c1-4-12-31-26(8-1)27-9-2-5-13-32(27)39(31)25-18-15-23(16-19-25)24-17-20-33-29(22-24)35-28(10-7-21-37-35)36-38-30-11-3-6-14-34(30)40(33)36/h1-22H. The van der Waals surface area contributed by atoms with Crippen LogP contribution in [0.5, 0.6) is 0 Å². The molecule has 9 aromatic rings. The molecule has 0 aliphatic heterocycles. The van der Waals surface area contributed by atoms with E-state index >= 15 is 0 Å². The number of imidazole rings is 1. The second kappa shape index (κ2) is 8.01. The SMILES string of the molecule is c1ccc2c(c1)nc1c3cccnc3c3cc(-c4ccc(-n5c6ccccc6c6ccccc65)cc4)ccc3n21. The van der Waals surface area contributed by atoms with Crippen LogP contribution < -0.4 is 0 Å². The summed E-state index contributed by atoms with van der Waals surface area (Å²) in [7, 11) is 0. The molecule has 0 unspecified atom stereocenters. The fourth-order valence-electron chi connectivity index (χ4n) is 6.35. The third-order valence-electron chi connectivity index (χ3n) is 8.14. The largest absolute Gasteiger partial charge is 0.309 e. The first-order chi connectivity index (χ1) is 19.8. The van der Waals surface area contributed by atoms with Crippen LogP contribution in [0.3, 0.4) is 0 Å². The van der Waals surface area contributed by atoms with Gasteiger partial charge in [0.25, 0.3) is 0 Å². The van der Waals surface area contributed by atoms with Crippen molar-refractivity contribution in [2.45, 2.75) is 0 Å². The van der Waals surface area contributed by atoms with Gasteiger partial charge >= 0.3 is 0 Å². The first-order valence-corrected chi connectivity index (χ1v) is 13.5. The molecule has 0 saturated carbocycles. The van der Waals surface area contributed by atoms with E-state index in [0.717, 1.165) is 49.7 Å². The Labute approximate surface area is 229 Å². The summed E-state index contributed by atoms with van der Waals surface area (Å²) in [4.78, 5) is 9.79. The van der Waals surface area contributed by atoms with Crippen molar-refractivity contribution in [1.82, 2.24) is 18.9 Å². The van der Waals surface area contributed by atoms with Crippen molar-refractivity contribution in [2.75, 3.05) is 0 Å². The first kappa shape index (κ1) is 21.5. The molecule has 0 atom stereocenters. The van der Waals surface area contributed by atoms with E-state index in [1.807, 2.05) is 18.3 Å². The fraction of sp³-hybridized carbons (Fsp3) is 0. The number of pyridine rings is 2. The van der Waals surface area contributed by atoms with Crippen LogP contribution in [0.1, 0.15) is 0 Å². The number of para-hydroxylation sites is 4. The molecule has 9 rings (SSSR count). The lowest BCUT2D eigenvalue weighted by molar-refractivity contribution is 1.18. The van der Waals surface area contributed by atoms with Gasteiger partial charge in [0.2, 0.25) is 0 Å². The lowest BCUT2D eigenvalue weighted by Crippen LogP contribution is -1.94. The predicted molar refractivity (Wildman–Crippen MR) is 165 cm³/mol. The van der Waals surface area contributed by atoms with Gasteiger partial charge in [-0.3, -0.25) is 9.38 Å². The summed E-state index contributed by atoms with van der Waals surface area (Å²) in [6.45, 7) is 0. The summed E-state index contributed by atoms with van der Waals surface area (Å²) in [5.41, 5.74) is 11.1. The van der Waals surface area contributed by atoms with Gasteiger partial charge in [0.1, 0.15) is 5.65 Å². The number of nitrogens with zero attached hydrogens (tertiary/aromatic N) is 4. The fourth-order valence-corrected chi connectivity index (χ4v) is 6.35. The van der Waals surface area contributed by atoms with Gasteiger partial charge in [-0.1, -0.05) is 66.7 Å². The third-order valence-corrected chi connectivity index (χ3v) is 8.14. The lowest BCUT2D eigenvalue weighted by atomic mass is 10.0. The van der Waals surface area contributed by atoms with E-state index in [1.54, 1.807) is 0 Å². The summed E-state index contributed by atoms with van der Waals surface area (Å²) in [6.07, 6.45) is 1.87. The number of aromatic nitrogens is 4. The Morgan fingerprint density at radius 3 is 1.90 bits per heavy atom. The molecule has 0 spiro atoms. The molecule has 0 aliphatic rings. The Hall–Kier alpha value is -5.48. The molecule has 0 fully saturated rings. The maximum Gasteiger partial charge on any atom is 0.147 e. The number of hydrogen-bond donors (Lipinski definition) is 0. The van der Waals surface area contributed by atoms with Crippen LogP contribution >= 0.6 is 0 Å². The van der Waals surface area contributed by atoms with E-state index in [0.29, 0.717) is 0 Å². The number of rotatable bonds is 2. The average Bonchev–Trinajstić information content (AvgIpc) is 3.58. The van der Waals surface area contributed by atoms with E-state index in [-0.39, 0.29) is 0 Å². The maximum absolute atomic E-state index is 4.97. The van der Waals surface area contributed by atoms with Crippen LogP contribution in [0.4, 0.5) is 0 Å². The van der Waals surface area contributed by atoms with Crippen molar-refractivity contribution in [1.29, 1.82) is 0 Å². The summed E-state index contributed by atoms with van der Waals surface area (Å²) in [5, 5.41) is 4.73. The van der Waals surface area contributed by atoms with E-state index < -0.39 is 0 Å². The van der Waals surface area contributed by atoms with Gasteiger partial charge in [0.15, 0.2) is 0 Å². The molecule has 0 N–H and O–H groups in total. The topological polar surface area (TPSA) is 35.1 Å². The first-order valence-electron chi connectivity index (χ1n) is 13.5. The summed E-state index contributed by atoms with van der Waals surface area (Å²) in [6, 6.07) is 45.3. The van der Waals surface area contributed by atoms with Gasteiger partial charge in [0, 0.05) is 33.4 Å². The smallest absolute Gasteiger partial charge is 0.147 e. The minimum absolute atomic E-state index is 0.945. The van der Waals surface area contributed by atoms with E-state index in [2.05, 4.69) is 124 Å². The second-order valence-corrected chi connectivity index (χ2v) is 10.3. The molecule has 4 heterocycles. The highest BCUT2D eigenvalue weighted by atomic mass is 15.0. The zero-order chi connectivity index (χ0) is 26.2. The Morgan fingerprint density at radius 2 is 1.12 bits per heavy atom. The Bertz CT molecular complexity index is 2370. The van der Waals surface area contributed by atoms with E-state index in [4.69, 9.17) is 9.97 Å². The van der Waals surface area contributed by atoms with E-state index in [1.165, 1.54) is 27.4 Å². The highest BCUT2D eigenvalue weighted by Gasteiger charge is 2.15. The van der Waals surface area contributed by atoms with Gasteiger partial charge in [-0.2, -0.15) is 0 Å². The lowest BCUT2D eigenvalue weighted by Gasteiger charge is -2.12. The van der Waals surface area contributed by atoms with Crippen LogP contribution in [0.15, 0.2) is 134 Å². The second-order valence-electron chi connectivity index (χ2n) is 10.3. The van der Waals surface area contributed by atoms with Gasteiger partial charge in [-0.05, 0) is 71.8 Å². The molecular formula is C36H22N4.